The number of halogens is 6. The molecule has 0 heterocycles. The van der Waals surface area contributed by atoms with Gasteiger partial charge in [0.2, 0.25) is 0 Å². The number of hydrogen-bond acceptors (Lipinski definition) is 3. The zero-order chi connectivity index (χ0) is 18.3. The summed E-state index contributed by atoms with van der Waals surface area (Å²) in [6.45, 7) is 3.95. The van der Waals surface area contributed by atoms with Crippen LogP contribution in [0.5, 0.6) is 0 Å². The van der Waals surface area contributed by atoms with Crippen molar-refractivity contribution < 1.29 is 40.0 Å². The summed E-state index contributed by atoms with van der Waals surface area (Å²) >= 11 is 0. The molecule has 0 spiro atoms. The Labute approximate surface area is 132 Å². The van der Waals surface area contributed by atoms with E-state index < -0.39 is 45.0 Å². The molecule has 2 atom stereocenters. The number of unbranched alkanes of at least 4 members (excludes halogenated alkanes) is 2. The van der Waals surface area contributed by atoms with E-state index in [1.807, 2.05) is 0 Å². The molecule has 0 aromatic heterocycles. The fourth-order valence-electron chi connectivity index (χ4n) is 1.82. The molecule has 0 bridgehead atoms. The number of hydrogen-bond donors (Lipinski definition) is 0. The number of rotatable bonds is 10. The van der Waals surface area contributed by atoms with Crippen LogP contribution in [0.1, 0.15) is 52.4 Å². The average Bonchev–Trinajstić information content (AvgIpc) is 2.36. The number of alkyl halides is 6. The van der Waals surface area contributed by atoms with Gasteiger partial charge in [-0.1, -0.05) is 39.5 Å². The second-order valence-corrected chi connectivity index (χ2v) is 7.29. The van der Waals surface area contributed by atoms with Gasteiger partial charge in [-0.05, 0) is 12.8 Å². The Balaban J connectivity index is 5.01. The maximum Gasteiger partial charge on any atom is 0.415 e. The van der Waals surface area contributed by atoms with E-state index in [1.165, 1.54) is 0 Å². The fraction of sp³-hybridized carbons (Fsp3) is 1.00. The molecule has 0 rings (SSSR count). The van der Waals surface area contributed by atoms with E-state index in [-0.39, 0.29) is 12.8 Å². The first-order chi connectivity index (χ1) is 10.3. The molecule has 0 radical (unpaired) electrons. The van der Waals surface area contributed by atoms with Crippen molar-refractivity contribution in [2.45, 2.75) is 76.9 Å². The molecule has 0 aliphatic carbocycles. The molecule has 0 aliphatic rings. The lowest BCUT2D eigenvalue weighted by Crippen LogP contribution is -2.34. The van der Waals surface area contributed by atoms with Crippen molar-refractivity contribution in [2.75, 3.05) is 6.66 Å². The predicted octanol–water partition coefficient (Wildman–Crippen LogP) is 6.08. The molecule has 0 aliphatic heterocycles. The third kappa shape index (κ3) is 9.57. The van der Waals surface area contributed by atoms with Crippen molar-refractivity contribution in [3.05, 3.63) is 0 Å². The van der Waals surface area contributed by atoms with Crippen LogP contribution in [0.15, 0.2) is 0 Å². The van der Waals surface area contributed by atoms with Crippen molar-refractivity contribution >= 4 is 7.60 Å². The van der Waals surface area contributed by atoms with Gasteiger partial charge in [0.1, 0.15) is 0 Å². The van der Waals surface area contributed by atoms with E-state index in [0.717, 1.165) is 0 Å². The van der Waals surface area contributed by atoms with E-state index in [2.05, 4.69) is 9.05 Å². The summed E-state index contributed by atoms with van der Waals surface area (Å²) < 4.78 is 97.8. The van der Waals surface area contributed by atoms with E-state index in [1.54, 1.807) is 13.8 Å². The molecule has 0 aromatic carbocycles. The molecule has 3 nitrogen and oxygen atoms in total. The molecular weight excluding hydrogens is 349 g/mol. The smallest absolute Gasteiger partial charge is 0.296 e. The van der Waals surface area contributed by atoms with Crippen LogP contribution in [0.25, 0.3) is 0 Å². The first-order valence-corrected chi connectivity index (χ1v) is 9.40. The largest absolute Gasteiger partial charge is 0.415 e. The SMILES string of the molecule is CCCCC(OP(C)(=O)OC(CCCC)C(F)(F)F)C(F)(F)F. The quantitative estimate of drug-likeness (QED) is 0.344. The molecule has 23 heavy (non-hydrogen) atoms. The van der Waals surface area contributed by atoms with Crippen LogP contribution in [-0.2, 0) is 13.6 Å². The summed E-state index contributed by atoms with van der Waals surface area (Å²) in [4.78, 5) is 0. The second kappa shape index (κ2) is 9.28. The first-order valence-electron chi connectivity index (χ1n) is 7.41. The van der Waals surface area contributed by atoms with E-state index >= 15 is 0 Å². The zero-order valence-corrected chi connectivity index (χ0v) is 14.2. The summed E-state index contributed by atoms with van der Waals surface area (Å²) in [5.41, 5.74) is 0. The van der Waals surface area contributed by atoms with Crippen molar-refractivity contribution in [3.63, 3.8) is 0 Å². The molecule has 140 valence electrons. The molecule has 0 saturated heterocycles. The van der Waals surface area contributed by atoms with Crippen molar-refractivity contribution in [1.29, 1.82) is 0 Å². The highest BCUT2D eigenvalue weighted by molar-refractivity contribution is 7.53. The summed E-state index contributed by atoms with van der Waals surface area (Å²) in [6.07, 6.45) is -14.2. The highest BCUT2D eigenvalue weighted by Gasteiger charge is 2.47. The van der Waals surface area contributed by atoms with E-state index in [4.69, 9.17) is 0 Å². The molecular formula is C13H23F6O3P. The van der Waals surface area contributed by atoms with Gasteiger partial charge in [-0.3, -0.25) is 13.6 Å². The molecule has 0 fully saturated rings. The van der Waals surface area contributed by atoms with Crippen LogP contribution >= 0.6 is 7.60 Å². The Morgan fingerprint density at radius 1 is 0.826 bits per heavy atom. The summed E-state index contributed by atoms with van der Waals surface area (Å²) in [5.74, 6) is 0. The summed E-state index contributed by atoms with van der Waals surface area (Å²) in [6, 6.07) is 0. The topological polar surface area (TPSA) is 35.5 Å². The molecule has 0 amide bonds. The van der Waals surface area contributed by atoms with Gasteiger partial charge in [0.25, 0.3) is 0 Å². The minimum absolute atomic E-state index is 0.142. The van der Waals surface area contributed by atoms with Crippen LogP contribution in [-0.4, -0.2) is 31.2 Å². The van der Waals surface area contributed by atoms with Gasteiger partial charge < -0.3 is 0 Å². The second-order valence-electron chi connectivity index (χ2n) is 5.33. The first kappa shape index (κ1) is 22.7. The Hall–Kier alpha value is -0.270. The van der Waals surface area contributed by atoms with Gasteiger partial charge >= 0.3 is 19.9 Å². The van der Waals surface area contributed by atoms with Gasteiger partial charge in [0.15, 0.2) is 12.2 Å². The van der Waals surface area contributed by atoms with Gasteiger partial charge in [-0.15, -0.1) is 0 Å². The highest BCUT2D eigenvalue weighted by Crippen LogP contribution is 2.52. The normalized spacial score (nSPS) is 18.5. The van der Waals surface area contributed by atoms with Crippen molar-refractivity contribution in [2.24, 2.45) is 0 Å². The lowest BCUT2D eigenvalue weighted by Gasteiger charge is -2.28. The van der Waals surface area contributed by atoms with Crippen LogP contribution in [0.2, 0.25) is 0 Å². The minimum atomic E-state index is -4.82. The van der Waals surface area contributed by atoms with Crippen LogP contribution in [0.4, 0.5) is 26.3 Å². The predicted molar refractivity (Wildman–Crippen MR) is 74.4 cm³/mol. The van der Waals surface area contributed by atoms with Gasteiger partial charge in [-0.2, -0.15) is 26.3 Å². The van der Waals surface area contributed by atoms with Crippen LogP contribution in [0, 0.1) is 0 Å². The molecule has 10 heteroatoms. The maximum atomic E-state index is 12.8. The fourth-order valence-corrected chi connectivity index (χ4v) is 3.24. The van der Waals surface area contributed by atoms with Crippen molar-refractivity contribution in [1.82, 2.24) is 0 Å². The Kier molecular flexibility index (Phi) is 9.17. The highest BCUT2D eigenvalue weighted by atomic mass is 31.2. The van der Waals surface area contributed by atoms with Crippen LogP contribution < -0.4 is 0 Å². The lowest BCUT2D eigenvalue weighted by molar-refractivity contribution is -0.212. The Bertz CT molecular complexity index is 351. The standard InChI is InChI=1S/C13H23F6O3P/c1-4-6-8-10(12(14,15)16)21-23(3,20)22-11(9-7-5-2)13(17,18)19/h10-11H,4-9H2,1-3H3. The third-order valence-corrected chi connectivity index (χ3v) is 4.28. The summed E-state index contributed by atoms with van der Waals surface area (Å²) in [5, 5.41) is 0. The van der Waals surface area contributed by atoms with E-state index in [0.29, 0.717) is 19.5 Å². The van der Waals surface area contributed by atoms with Gasteiger partial charge in [0, 0.05) is 6.66 Å². The van der Waals surface area contributed by atoms with Gasteiger partial charge in [-0.25, -0.2) is 0 Å². The average molecular weight is 372 g/mol. The van der Waals surface area contributed by atoms with Crippen molar-refractivity contribution in [3.8, 4) is 0 Å². The molecule has 0 N–H and O–H groups in total. The maximum absolute atomic E-state index is 12.8. The van der Waals surface area contributed by atoms with Crippen LogP contribution in [0.3, 0.4) is 0 Å². The minimum Gasteiger partial charge on any atom is -0.296 e. The summed E-state index contributed by atoms with van der Waals surface area (Å²) in [7, 11) is -4.52. The Morgan fingerprint density at radius 2 is 1.13 bits per heavy atom. The molecule has 0 saturated carbocycles. The zero-order valence-electron chi connectivity index (χ0n) is 13.3. The van der Waals surface area contributed by atoms with Gasteiger partial charge in [0.05, 0.1) is 0 Å². The monoisotopic (exact) mass is 372 g/mol. The molecule has 0 aromatic rings. The molecule has 2 unspecified atom stereocenters. The third-order valence-electron chi connectivity index (χ3n) is 3.01. The lowest BCUT2D eigenvalue weighted by atomic mass is 10.1. The van der Waals surface area contributed by atoms with E-state index in [9.17, 15) is 30.9 Å². The Morgan fingerprint density at radius 3 is 1.35 bits per heavy atom.